The van der Waals surface area contributed by atoms with Gasteiger partial charge >= 0.3 is 0 Å². The number of nitrogens with one attached hydrogen (secondary N) is 1. The molecule has 2 aromatic heterocycles. The number of aromatic nitrogens is 4. The van der Waals surface area contributed by atoms with Crippen LogP contribution in [0.4, 0.5) is 5.69 Å². The standard InChI is InChI=1S/C17H20N6O/c1-13-9-11-19-17-20-15(21-23(13)17)16(24)18-10-6-12-22(2)14-7-4-3-5-8-14/h3-5,7-9,11H,6,10,12H2,1-2H3,(H,18,24). The summed E-state index contributed by atoms with van der Waals surface area (Å²) in [5, 5.41) is 7.05. The average molecular weight is 324 g/mol. The minimum Gasteiger partial charge on any atom is -0.375 e. The molecule has 3 rings (SSSR count). The summed E-state index contributed by atoms with van der Waals surface area (Å²) in [4.78, 5) is 22.6. The van der Waals surface area contributed by atoms with Crippen molar-refractivity contribution in [3.8, 4) is 0 Å². The van der Waals surface area contributed by atoms with Crippen molar-refractivity contribution < 1.29 is 4.79 Å². The molecule has 0 aliphatic rings. The number of fused-ring (bicyclic) bond motifs is 1. The third kappa shape index (κ3) is 3.51. The third-order valence-electron chi connectivity index (χ3n) is 3.79. The van der Waals surface area contributed by atoms with E-state index in [0.717, 1.165) is 24.3 Å². The molecule has 0 saturated heterocycles. The lowest BCUT2D eigenvalue weighted by atomic mass is 10.3. The SMILES string of the molecule is Cc1ccnc2nc(C(=O)NCCCN(C)c3ccccc3)nn12. The molecule has 0 bridgehead atoms. The van der Waals surface area contributed by atoms with Crippen molar-refractivity contribution in [1.29, 1.82) is 0 Å². The maximum atomic E-state index is 12.1. The molecule has 7 nitrogen and oxygen atoms in total. The van der Waals surface area contributed by atoms with Crippen molar-refractivity contribution in [2.45, 2.75) is 13.3 Å². The fourth-order valence-corrected chi connectivity index (χ4v) is 2.41. The lowest BCUT2D eigenvalue weighted by Gasteiger charge is -2.18. The summed E-state index contributed by atoms with van der Waals surface area (Å²) >= 11 is 0. The molecule has 0 saturated carbocycles. The zero-order chi connectivity index (χ0) is 16.9. The first-order valence-corrected chi connectivity index (χ1v) is 7.88. The Morgan fingerprint density at radius 2 is 2.04 bits per heavy atom. The van der Waals surface area contributed by atoms with Crippen LogP contribution in [0.15, 0.2) is 42.6 Å². The maximum Gasteiger partial charge on any atom is 0.291 e. The summed E-state index contributed by atoms with van der Waals surface area (Å²) < 4.78 is 1.57. The Labute approximate surface area is 140 Å². The molecule has 1 aromatic carbocycles. The summed E-state index contributed by atoms with van der Waals surface area (Å²) in [5.74, 6) is 0.305. The Kier molecular flexibility index (Phi) is 4.69. The number of amides is 1. The molecule has 1 amide bonds. The van der Waals surface area contributed by atoms with Crippen LogP contribution in [0.1, 0.15) is 22.7 Å². The summed E-state index contributed by atoms with van der Waals surface area (Å²) in [6, 6.07) is 12.0. The van der Waals surface area contributed by atoms with Crippen molar-refractivity contribution in [2.75, 3.05) is 25.0 Å². The van der Waals surface area contributed by atoms with Gasteiger partial charge in [0, 0.05) is 37.7 Å². The Morgan fingerprint density at radius 3 is 2.79 bits per heavy atom. The Hall–Kier alpha value is -2.96. The van der Waals surface area contributed by atoms with E-state index in [0.29, 0.717) is 12.3 Å². The van der Waals surface area contributed by atoms with E-state index in [9.17, 15) is 4.79 Å². The molecule has 0 unspecified atom stereocenters. The summed E-state index contributed by atoms with van der Waals surface area (Å²) in [6.45, 7) is 3.31. The molecule has 0 atom stereocenters. The summed E-state index contributed by atoms with van der Waals surface area (Å²) in [5.41, 5.74) is 2.04. The Balaban J connectivity index is 1.51. The topological polar surface area (TPSA) is 75.4 Å². The van der Waals surface area contributed by atoms with Gasteiger partial charge < -0.3 is 10.2 Å². The number of benzene rings is 1. The van der Waals surface area contributed by atoms with Crippen LogP contribution >= 0.6 is 0 Å². The van der Waals surface area contributed by atoms with Gasteiger partial charge in [-0.3, -0.25) is 4.79 Å². The molecule has 2 heterocycles. The van der Waals surface area contributed by atoms with E-state index in [-0.39, 0.29) is 11.7 Å². The van der Waals surface area contributed by atoms with Crippen molar-refractivity contribution in [2.24, 2.45) is 0 Å². The van der Waals surface area contributed by atoms with Crippen LogP contribution in [0, 0.1) is 6.92 Å². The highest BCUT2D eigenvalue weighted by molar-refractivity contribution is 5.90. The number of carbonyl (C=O) groups excluding carboxylic acids is 1. The number of aryl methyl sites for hydroxylation is 1. The minimum atomic E-state index is -0.276. The highest BCUT2D eigenvalue weighted by atomic mass is 16.2. The number of hydrogen-bond acceptors (Lipinski definition) is 5. The van der Waals surface area contributed by atoms with Gasteiger partial charge in [-0.2, -0.15) is 4.98 Å². The molecule has 0 fully saturated rings. The van der Waals surface area contributed by atoms with Crippen LogP contribution in [0.3, 0.4) is 0 Å². The van der Waals surface area contributed by atoms with Gasteiger partial charge in [-0.1, -0.05) is 18.2 Å². The molecule has 0 aliphatic heterocycles. The fraction of sp³-hybridized carbons (Fsp3) is 0.294. The summed E-state index contributed by atoms with van der Waals surface area (Å²) in [7, 11) is 2.04. The van der Waals surface area contributed by atoms with Gasteiger partial charge in [0.1, 0.15) is 0 Å². The Morgan fingerprint density at radius 1 is 1.25 bits per heavy atom. The van der Waals surface area contributed by atoms with E-state index in [4.69, 9.17) is 0 Å². The highest BCUT2D eigenvalue weighted by Crippen LogP contribution is 2.10. The van der Waals surface area contributed by atoms with Crippen molar-refractivity contribution >= 4 is 17.4 Å². The van der Waals surface area contributed by atoms with Crippen LogP contribution in [0.2, 0.25) is 0 Å². The largest absolute Gasteiger partial charge is 0.375 e. The predicted molar refractivity (Wildman–Crippen MR) is 92.2 cm³/mol. The van der Waals surface area contributed by atoms with Crippen LogP contribution in [0.5, 0.6) is 0 Å². The monoisotopic (exact) mass is 324 g/mol. The molecule has 24 heavy (non-hydrogen) atoms. The first-order chi connectivity index (χ1) is 11.6. The van der Waals surface area contributed by atoms with Crippen LogP contribution in [-0.2, 0) is 0 Å². The number of rotatable bonds is 6. The van der Waals surface area contributed by atoms with Gasteiger partial charge in [0.15, 0.2) is 0 Å². The molecule has 0 spiro atoms. The normalized spacial score (nSPS) is 10.8. The average Bonchev–Trinajstić information content (AvgIpc) is 3.05. The zero-order valence-corrected chi connectivity index (χ0v) is 13.8. The van der Waals surface area contributed by atoms with Crippen LogP contribution < -0.4 is 10.2 Å². The second kappa shape index (κ2) is 7.08. The molecule has 0 radical (unpaired) electrons. The van der Waals surface area contributed by atoms with E-state index in [1.165, 1.54) is 0 Å². The number of carbonyl (C=O) groups is 1. The molecule has 124 valence electrons. The Bertz CT molecular complexity index is 829. The number of hydrogen-bond donors (Lipinski definition) is 1. The fourth-order valence-electron chi connectivity index (χ4n) is 2.41. The second-order valence-electron chi connectivity index (χ2n) is 5.60. The number of para-hydroxylation sites is 1. The van der Waals surface area contributed by atoms with Gasteiger partial charge in [0.05, 0.1) is 0 Å². The second-order valence-corrected chi connectivity index (χ2v) is 5.60. The van der Waals surface area contributed by atoms with Crippen molar-refractivity contribution in [3.63, 3.8) is 0 Å². The smallest absolute Gasteiger partial charge is 0.291 e. The van der Waals surface area contributed by atoms with Crippen molar-refractivity contribution in [1.82, 2.24) is 24.9 Å². The van der Waals surface area contributed by atoms with Crippen LogP contribution in [-0.4, -0.2) is 45.6 Å². The van der Waals surface area contributed by atoms with Crippen LogP contribution in [0.25, 0.3) is 5.78 Å². The molecule has 0 aliphatic carbocycles. The van der Waals surface area contributed by atoms with Gasteiger partial charge in [-0.05, 0) is 31.5 Å². The number of nitrogens with zero attached hydrogens (tertiary/aromatic N) is 5. The molecule has 7 heteroatoms. The lowest BCUT2D eigenvalue weighted by Crippen LogP contribution is -2.29. The van der Waals surface area contributed by atoms with E-state index < -0.39 is 0 Å². The van der Waals surface area contributed by atoms with E-state index in [1.807, 2.05) is 38.2 Å². The third-order valence-corrected chi connectivity index (χ3v) is 3.79. The molecular weight excluding hydrogens is 304 g/mol. The van der Waals surface area contributed by atoms with Gasteiger partial charge in [0.25, 0.3) is 11.7 Å². The van der Waals surface area contributed by atoms with E-state index >= 15 is 0 Å². The van der Waals surface area contributed by atoms with Gasteiger partial charge in [0.2, 0.25) is 5.82 Å². The predicted octanol–water partition coefficient (Wildman–Crippen LogP) is 1.69. The van der Waals surface area contributed by atoms with E-state index in [2.05, 4.69) is 37.4 Å². The highest BCUT2D eigenvalue weighted by Gasteiger charge is 2.13. The summed E-state index contributed by atoms with van der Waals surface area (Å²) in [6.07, 6.45) is 2.49. The molecular formula is C17H20N6O. The van der Waals surface area contributed by atoms with E-state index in [1.54, 1.807) is 10.7 Å². The first-order valence-electron chi connectivity index (χ1n) is 7.88. The quantitative estimate of drug-likeness (QED) is 0.698. The van der Waals surface area contributed by atoms with Crippen molar-refractivity contribution in [3.05, 3.63) is 54.1 Å². The molecule has 3 aromatic rings. The first kappa shape index (κ1) is 15.9. The number of anilines is 1. The molecule has 1 N–H and O–H groups in total. The zero-order valence-electron chi connectivity index (χ0n) is 13.8. The minimum absolute atomic E-state index is 0.146. The van der Waals surface area contributed by atoms with Gasteiger partial charge in [-0.25, -0.2) is 9.50 Å². The lowest BCUT2D eigenvalue weighted by molar-refractivity contribution is 0.0943. The maximum absolute atomic E-state index is 12.1. The van der Waals surface area contributed by atoms with Gasteiger partial charge in [-0.15, -0.1) is 5.10 Å².